The largest absolute Gasteiger partial charge is 0.481 e. The smallest absolute Gasteiger partial charge is 0.308 e. The molecule has 2 N–H and O–H groups in total. The summed E-state index contributed by atoms with van der Waals surface area (Å²) in [7, 11) is 0. The lowest BCUT2D eigenvalue weighted by Crippen LogP contribution is -2.40. The van der Waals surface area contributed by atoms with Gasteiger partial charge in [-0.3, -0.25) is 9.59 Å². The van der Waals surface area contributed by atoms with E-state index in [-0.39, 0.29) is 11.9 Å². The maximum absolute atomic E-state index is 12.0. The number of hydrogen-bond donors (Lipinski definition) is 2. The topological polar surface area (TPSA) is 66.4 Å². The number of aliphatic carboxylic acids is 1. The van der Waals surface area contributed by atoms with Crippen molar-refractivity contribution in [3.63, 3.8) is 0 Å². The van der Waals surface area contributed by atoms with Gasteiger partial charge in [0, 0.05) is 15.2 Å². The predicted octanol–water partition coefficient (Wildman–Crippen LogP) is 2.27. The summed E-state index contributed by atoms with van der Waals surface area (Å²) in [4.78, 5) is 23.0. The maximum atomic E-state index is 12.0. The highest BCUT2D eigenvalue weighted by atomic mass is 127. The van der Waals surface area contributed by atoms with Crippen LogP contribution in [0.15, 0.2) is 24.3 Å². The van der Waals surface area contributed by atoms with Crippen molar-refractivity contribution in [3.05, 3.63) is 33.4 Å². The molecule has 5 heteroatoms. The Hall–Kier alpha value is -1.11. The lowest BCUT2D eigenvalue weighted by atomic mass is 10.0. The van der Waals surface area contributed by atoms with Gasteiger partial charge in [-0.2, -0.15) is 0 Å². The number of carbonyl (C=O) groups is 2. The Kier molecular flexibility index (Phi) is 4.21. The molecule has 2 unspecified atom stereocenters. The second-order valence-corrected chi connectivity index (χ2v) is 5.71. The van der Waals surface area contributed by atoms with E-state index in [1.165, 1.54) is 0 Å². The fraction of sp³-hybridized carbons (Fsp3) is 0.385. The Balaban J connectivity index is 2.05. The molecular formula is C13H14INO3. The van der Waals surface area contributed by atoms with Crippen molar-refractivity contribution in [3.8, 4) is 0 Å². The molecule has 0 saturated heterocycles. The van der Waals surface area contributed by atoms with Crippen molar-refractivity contribution >= 4 is 34.5 Å². The molecule has 18 heavy (non-hydrogen) atoms. The van der Waals surface area contributed by atoms with Gasteiger partial charge < -0.3 is 10.4 Å². The molecule has 0 radical (unpaired) electrons. The van der Waals surface area contributed by atoms with E-state index in [0.29, 0.717) is 12.0 Å². The lowest BCUT2D eigenvalue weighted by Gasteiger charge is -2.17. The predicted molar refractivity (Wildman–Crippen MR) is 75.4 cm³/mol. The first-order valence-electron chi connectivity index (χ1n) is 5.87. The van der Waals surface area contributed by atoms with E-state index in [1.807, 2.05) is 12.1 Å². The Morgan fingerprint density at radius 2 is 2.11 bits per heavy atom. The van der Waals surface area contributed by atoms with Gasteiger partial charge >= 0.3 is 5.97 Å². The number of hydrogen-bond acceptors (Lipinski definition) is 2. The lowest BCUT2D eigenvalue weighted by molar-refractivity contribution is -0.142. The normalized spacial score (nSPS) is 22.7. The van der Waals surface area contributed by atoms with Gasteiger partial charge in [-0.15, -0.1) is 0 Å². The van der Waals surface area contributed by atoms with Crippen molar-refractivity contribution in [2.75, 3.05) is 0 Å². The summed E-state index contributed by atoms with van der Waals surface area (Å²) < 4.78 is 0.987. The van der Waals surface area contributed by atoms with Crippen LogP contribution in [0.5, 0.6) is 0 Å². The van der Waals surface area contributed by atoms with Crippen molar-refractivity contribution in [1.29, 1.82) is 0 Å². The Morgan fingerprint density at radius 3 is 2.78 bits per heavy atom. The standard InChI is InChI=1S/C13H14INO3/c14-9-4-1-3-8(7-9)12(16)15-11-6-2-5-10(11)13(17)18/h1,3-4,7,10-11H,2,5-6H2,(H,15,16)(H,17,18). The van der Waals surface area contributed by atoms with E-state index < -0.39 is 11.9 Å². The van der Waals surface area contributed by atoms with Crippen molar-refractivity contribution in [1.82, 2.24) is 5.32 Å². The molecule has 4 nitrogen and oxygen atoms in total. The first kappa shape index (κ1) is 13.3. The van der Waals surface area contributed by atoms with Crippen LogP contribution in [0.4, 0.5) is 0 Å². The third-order valence-electron chi connectivity index (χ3n) is 3.24. The van der Waals surface area contributed by atoms with E-state index in [9.17, 15) is 9.59 Å². The summed E-state index contributed by atoms with van der Waals surface area (Å²) in [6.45, 7) is 0. The number of halogens is 1. The molecule has 2 rings (SSSR count). The zero-order valence-corrected chi connectivity index (χ0v) is 11.9. The van der Waals surface area contributed by atoms with Gasteiger partial charge in [0.2, 0.25) is 0 Å². The molecule has 0 aromatic heterocycles. The number of carboxylic acid groups (broad SMARTS) is 1. The zero-order chi connectivity index (χ0) is 13.1. The van der Waals surface area contributed by atoms with Gasteiger partial charge in [-0.1, -0.05) is 12.5 Å². The third-order valence-corrected chi connectivity index (χ3v) is 3.91. The van der Waals surface area contributed by atoms with Gasteiger partial charge in [-0.25, -0.2) is 0 Å². The molecule has 0 bridgehead atoms. The van der Waals surface area contributed by atoms with Crippen LogP contribution in [-0.4, -0.2) is 23.0 Å². The molecule has 0 heterocycles. The fourth-order valence-corrected chi connectivity index (χ4v) is 2.85. The first-order chi connectivity index (χ1) is 8.58. The van der Waals surface area contributed by atoms with Gasteiger partial charge in [-0.05, 0) is 53.6 Å². The summed E-state index contributed by atoms with van der Waals surface area (Å²) in [5.74, 6) is -1.45. The minimum atomic E-state index is -0.819. The summed E-state index contributed by atoms with van der Waals surface area (Å²) in [6.07, 6.45) is 2.24. The number of carbonyl (C=O) groups excluding carboxylic acids is 1. The number of nitrogens with one attached hydrogen (secondary N) is 1. The van der Waals surface area contributed by atoms with E-state index in [1.54, 1.807) is 12.1 Å². The molecule has 1 aromatic carbocycles. The molecule has 1 saturated carbocycles. The molecule has 1 aromatic rings. The quantitative estimate of drug-likeness (QED) is 0.814. The van der Waals surface area contributed by atoms with Crippen LogP contribution >= 0.6 is 22.6 Å². The van der Waals surface area contributed by atoms with E-state index in [0.717, 1.165) is 16.4 Å². The van der Waals surface area contributed by atoms with Crippen molar-refractivity contribution < 1.29 is 14.7 Å². The highest BCUT2D eigenvalue weighted by molar-refractivity contribution is 14.1. The van der Waals surface area contributed by atoms with Gasteiger partial charge in [0.1, 0.15) is 0 Å². The summed E-state index contributed by atoms with van der Waals surface area (Å²) in [5.41, 5.74) is 0.581. The number of amides is 1. The summed E-state index contributed by atoms with van der Waals surface area (Å²) >= 11 is 2.14. The minimum absolute atomic E-state index is 0.188. The van der Waals surface area contributed by atoms with E-state index in [2.05, 4.69) is 27.9 Å². The van der Waals surface area contributed by atoms with Gasteiger partial charge in [0.25, 0.3) is 5.91 Å². The average molecular weight is 359 g/mol. The second kappa shape index (κ2) is 5.69. The van der Waals surface area contributed by atoms with Crippen LogP contribution in [-0.2, 0) is 4.79 Å². The molecule has 0 spiro atoms. The van der Waals surface area contributed by atoms with Crippen molar-refractivity contribution in [2.24, 2.45) is 5.92 Å². The van der Waals surface area contributed by atoms with Crippen LogP contribution in [0, 0.1) is 9.49 Å². The Labute approximate surface area is 119 Å². The van der Waals surface area contributed by atoms with Crippen LogP contribution in [0.3, 0.4) is 0 Å². The molecule has 96 valence electrons. The zero-order valence-electron chi connectivity index (χ0n) is 9.73. The van der Waals surface area contributed by atoms with E-state index in [4.69, 9.17) is 5.11 Å². The number of rotatable bonds is 3. The van der Waals surface area contributed by atoms with Crippen molar-refractivity contribution in [2.45, 2.75) is 25.3 Å². The highest BCUT2D eigenvalue weighted by Gasteiger charge is 2.33. The molecule has 2 atom stereocenters. The average Bonchev–Trinajstić information content (AvgIpc) is 2.77. The Morgan fingerprint density at radius 1 is 1.33 bits per heavy atom. The second-order valence-electron chi connectivity index (χ2n) is 4.47. The molecule has 1 amide bonds. The molecule has 1 aliphatic rings. The van der Waals surface area contributed by atoms with Gasteiger partial charge in [0.05, 0.1) is 5.92 Å². The number of benzene rings is 1. The van der Waals surface area contributed by atoms with Crippen LogP contribution in [0.1, 0.15) is 29.6 Å². The molecule has 1 aliphatic carbocycles. The monoisotopic (exact) mass is 359 g/mol. The molecule has 1 fully saturated rings. The fourth-order valence-electron chi connectivity index (χ4n) is 2.31. The molecule has 0 aliphatic heterocycles. The van der Waals surface area contributed by atoms with Crippen LogP contribution < -0.4 is 5.32 Å². The summed E-state index contributed by atoms with van der Waals surface area (Å²) in [5, 5.41) is 11.9. The SMILES string of the molecule is O=C(NC1CCCC1C(=O)O)c1cccc(I)c1. The number of carboxylic acids is 1. The van der Waals surface area contributed by atoms with Crippen LogP contribution in [0.25, 0.3) is 0 Å². The maximum Gasteiger partial charge on any atom is 0.308 e. The first-order valence-corrected chi connectivity index (χ1v) is 6.95. The van der Waals surface area contributed by atoms with Crippen LogP contribution in [0.2, 0.25) is 0 Å². The summed E-state index contributed by atoms with van der Waals surface area (Å²) in [6, 6.07) is 7.02. The minimum Gasteiger partial charge on any atom is -0.481 e. The van der Waals surface area contributed by atoms with E-state index >= 15 is 0 Å². The highest BCUT2D eigenvalue weighted by Crippen LogP contribution is 2.26. The van der Waals surface area contributed by atoms with Gasteiger partial charge in [0.15, 0.2) is 0 Å². The third kappa shape index (κ3) is 3.01. The Bertz CT molecular complexity index is 475. The molecular weight excluding hydrogens is 345 g/mol.